The molecule has 0 spiro atoms. The molecule has 1 atom stereocenters. The first kappa shape index (κ1) is 16.1. The van der Waals surface area contributed by atoms with E-state index >= 15 is 0 Å². The van der Waals surface area contributed by atoms with Crippen LogP contribution >= 0.6 is 11.8 Å². The number of nitrogens with zero attached hydrogens (tertiary/aromatic N) is 1. The van der Waals surface area contributed by atoms with Gasteiger partial charge in [0.1, 0.15) is 5.75 Å². The maximum Gasteiger partial charge on any atom is 0.236 e. The van der Waals surface area contributed by atoms with Crippen LogP contribution in [-0.4, -0.2) is 31.5 Å². The minimum Gasteiger partial charge on any atom is -0.497 e. The molecule has 0 amide bonds. The number of benzene rings is 1. The van der Waals surface area contributed by atoms with E-state index in [9.17, 15) is 8.42 Å². The average Bonchev–Trinajstić information content (AvgIpc) is 2.77. The fraction of sp³-hybridized carbons (Fsp3) is 0.312. The van der Waals surface area contributed by atoms with Gasteiger partial charge in [0.15, 0.2) is 0 Å². The number of thioether (sulfide) groups is 1. The van der Waals surface area contributed by atoms with Gasteiger partial charge >= 0.3 is 0 Å². The van der Waals surface area contributed by atoms with Gasteiger partial charge in [0.25, 0.3) is 0 Å². The molecule has 1 aliphatic rings. The third-order valence-electron chi connectivity index (χ3n) is 3.77. The highest BCUT2D eigenvalue weighted by molar-refractivity contribution is 7.99. The summed E-state index contributed by atoms with van der Waals surface area (Å²) in [6, 6.07) is 9.26. The van der Waals surface area contributed by atoms with Gasteiger partial charge in [-0.3, -0.25) is 9.71 Å². The van der Waals surface area contributed by atoms with E-state index in [0.717, 1.165) is 22.0 Å². The van der Waals surface area contributed by atoms with Gasteiger partial charge in [0.2, 0.25) is 10.0 Å². The zero-order valence-electron chi connectivity index (χ0n) is 12.7. The van der Waals surface area contributed by atoms with Crippen LogP contribution in [0.2, 0.25) is 0 Å². The van der Waals surface area contributed by atoms with Crippen molar-refractivity contribution in [3.05, 3.63) is 48.3 Å². The maximum atomic E-state index is 12.7. The minimum atomic E-state index is -3.47. The molecule has 1 aliphatic heterocycles. The van der Waals surface area contributed by atoms with E-state index in [1.54, 1.807) is 37.2 Å². The molecular weight excluding hydrogens is 332 g/mol. The van der Waals surface area contributed by atoms with Crippen molar-refractivity contribution in [2.24, 2.45) is 0 Å². The minimum absolute atomic E-state index is 0.469. The SMILES string of the molecule is COc1ccc2c(c1)CC(S(=O)(=O)Nc1cccnc1)CCS2. The Hall–Kier alpha value is -1.73. The summed E-state index contributed by atoms with van der Waals surface area (Å²) in [5.41, 5.74) is 1.52. The van der Waals surface area contributed by atoms with Crippen LogP contribution in [0.1, 0.15) is 12.0 Å². The van der Waals surface area contributed by atoms with Crippen molar-refractivity contribution in [3.8, 4) is 5.75 Å². The van der Waals surface area contributed by atoms with Crippen LogP contribution in [-0.2, 0) is 16.4 Å². The molecule has 0 bridgehead atoms. The third kappa shape index (κ3) is 3.79. The summed E-state index contributed by atoms with van der Waals surface area (Å²) in [5, 5.41) is -0.469. The summed E-state index contributed by atoms with van der Waals surface area (Å²) in [6.45, 7) is 0. The molecular formula is C16H18N2O3S2. The number of anilines is 1. The number of methoxy groups -OCH3 is 1. The molecule has 3 rings (SSSR count). The van der Waals surface area contributed by atoms with Gasteiger partial charge in [-0.25, -0.2) is 8.42 Å². The second kappa shape index (κ2) is 6.80. The van der Waals surface area contributed by atoms with E-state index in [2.05, 4.69) is 9.71 Å². The number of pyridine rings is 1. The van der Waals surface area contributed by atoms with Crippen molar-refractivity contribution < 1.29 is 13.2 Å². The van der Waals surface area contributed by atoms with E-state index < -0.39 is 15.3 Å². The Labute approximate surface area is 140 Å². The quantitative estimate of drug-likeness (QED) is 0.918. The summed E-state index contributed by atoms with van der Waals surface area (Å²) in [6.07, 6.45) is 4.22. The van der Waals surface area contributed by atoms with Gasteiger partial charge in [0.05, 0.1) is 24.2 Å². The first-order valence-electron chi connectivity index (χ1n) is 7.30. The lowest BCUT2D eigenvalue weighted by atomic mass is 10.1. The maximum absolute atomic E-state index is 12.7. The second-order valence-corrected chi connectivity index (χ2v) is 8.42. The van der Waals surface area contributed by atoms with E-state index in [0.29, 0.717) is 18.5 Å². The van der Waals surface area contributed by atoms with Gasteiger partial charge in [-0.15, -0.1) is 11.8 Å². The predicted octanol–water partition coefficient (Wildman–Crippen LogP) is 2.94. The fourth-order valence-corrected chi connectivity index (χ4v) is 5.27. The number of sulfonamides is 1. The molecule has 0 fully saturated rings. The van der Waals surface area contributed by atoms with Gasteiger partial charge in [0, 0.05) is 11.1 Å². The number of ether oxygens (including phenoxy) is 1. The normalized spacial score (nSPS) is 17.9. The lowest BCUT2D eigenvalue weighted by Crippen LogP contribution is -2.30. The monoisotopic (exact) mass is 350 g/mol. The van der Waals surface area contributed by atoms with Gasteiger partial charge in [-0.1, -0.05) is 0 Å². The summed E-state index contributed by atoms with van der Waals surface area (Å²) >= 11 is 1.69. The Morgan fingerprint density at radius 1 is 1.35 bits per heavy atom. The largest absolute Gasteiger partial charge is 0.497 e. The molecule has 7 heteroatoms. The highest BCUT2D eigenvalue weighted by Gasteiger charge is 2.29. The number of hydrogen-bond donors (Lipinski definition) is 1. The van der Waals surface area contributed by atoms with E-state index in [4.69, 9.17) is 4.74 Å². The average molecular weight is 350 g/mol. The highest BCUT2D eigenvalue weighted by Crippen LogP contribution is 2.33. The molecule has 0 radical (unpaired) electrons. The van der Waals surface area contributed by atoms with E-state index in [-0.39, 0.29) is 0 Å². The molecule has 122 valence electrons. The molecule has 0 aliphatic carbocycles. The Bertz CT molecular complexity index is 779. The zero-order chi connectivity index (χ0) is 16.3. The standard InChI is InChI=1S/C16H18N2O3S2/c1-21-14-4-5-16-12(9-14)10-15(6-8-22-16)23(19,20)18-13-3-2-7-17-11-13/h2-5,7,9,11,15,18H,6,8,10H2,1H3. The first-order chi connectivity index (χ1) is 11.1. The molecule has 5 nitrogen and oxygen atoms in total. The van der Waals surface area contributed by atoms with Crippen LogP contribution in [0, 0.1) is 0 Å². The molecule has 0 saturated carbocycles. The highest BCUT2D eigenvalue weighted by atomic mass is 32.2. The third-order valence-corrected chi connectivity index (χ3v) is 6.72. The number of nitrogens with one attached hydrogen (secondary N) is 1. The predicted molar refractivity (Wildman–Crippen MR) is 92.6 cm³/mol. The second-order valence-electron chi connectivity index (χ2n) is 5.33. The lowest BCUT2D eigenvalue weighted by Gasteiger charge is -2.17. The van der Waals surface area contributed by atoms with Crippen molar-refractivity contribution in [2.75, 3.05) is 17.6 Å². The van der Waals surface area contributed by atoms with Gasteiger partial charge in [-0.05, 0) is 54.5 Å². The number of aromatic nitrogens is 1. The molecule has 2 aromatic rings. The van der Waals surface area contributed by atoms with Crippen LogP contribution in [0.5, 0.6) is 5.75 Å². The van der Waals surface area contributed by atoms with Crippen molar-refractivity contribution in [1.82, 2.24) is 4.98 Å². The van der Waals surface area contributed by atoms with Crippen LogP contribution in [0.15, 0.2) is 47.6 Å². The van der Waals surface area contributed by atoms with Gasteiger partial charge < -0.3 is 4.74 Å². The lowest BCUT2D eigenvalue weighted by molar-refractivity contribution is 0.413. The number of hydrogen-bond acceptors (Lipinski definition) is 5. The van der Waals surface area contributed by atoms with E-state index in [1.165, 1.54) is 6.20 Å². The van der Waals surface area contributed by atoms with Crippen LogP contribution in [0.4, 0.5) is 5.69 Å². The molecule has 1 unspecified atom stereocenters. The van der Waals surface area contributed by atoms with Gasteiger partial charge in [-0.2, -0.15) is 0 Å². The Kier molecular flexibility index (Phi) is 4.77. The van der Waals surface area contributed by atoms with E-state index in [1.807, 2.05) is 18.2 Å². The van der Waals surface area contributed by atoms with Crippen molar-refractivity contribution in [1.29, 1.82) is 0 Å². The summed E-state index contributed by atoms with van der Waals surface area (Å²) < 4.78 is 33.3. The van der Waals surface area contributed by atoms with Crippen molar-refractivity contribution >= 4 is 27.5 Å². The molecule has 1 aromatic heterocycles. The smallest absolute Gasteiger partial charge is 0.236 e. The van der Waals surface area contributed by atoms with Crippen molar-refractivity contribution in [3.63, 3.8) is 0 Å². The molecule has 1 N–H and O–H groups in total. The number of rotatable bonds is 4. The van der Waals surface area contributed by atoms with Crippen LogP contribution in [0.25, 0.3) is 0 Å². The topological polar surface area (TPSA) is 68.3 Å². The first-order valence-corrected chi connectivity index (χ1v) is 9.83. The molecule has 2 heterocycles. The molecule has 1 aromatic carbocycles. The Balaban J connectivity index is 1.84. The Morgan fingerprint density at radius 3 is 2.96 bits per heavy atom. The summed E-state index contributed by atoms with van der Waals surface area (Å²) in [5.74, 6) is 1.53. The summed E-state index contributed by atoms with van der Waals surface area (Å²) in [4.78, 5) is 5.07. The molecule has 0 saturated heterocycles. The Morgan fingerprint density at radius 2 is 2.22 bits per heavy atom. The number of fused-ring (bicyclic) bond motifs is 1. The van der Waals surface area contributed by atoms with Crippen LogP contribution in [0.3, 0.4) is 0 Å². The van der Waals surface area contributed by atoms with Crippen molar-refractivity contribution in [2.45, 2.75) is 23.0 Å². The summed E-state index contributed by atoms with van der Waals surface area (Å²) in [7, 11) is -1.85. The fourth-order valence-electron chi connectivity index (χ4n) is 2.57. The van der Waals surface area contributed by atoms with Crippen LogP contribution < -0.4 is 9.46 Å². The molecule has 23 heavy (non-hydrogen) atoms. The zero-order valence-corrected chi connectivity index (χ0v) is 14.4.